The van der Waals surface area contributed by atoms with Crippen LogP contribution in [0.25, 0.3) is 15.9 Å². The minimum absolute atomic E-state index is 0.0313. The summed E-state index contributed by atoms with van der Waals surface area (Å²) in [5, 5.41) is 0. The SMILES string of the molecule is [C-]#[N+]c1ccc2c(n1)c(N1C[C@@H](C)N(Cc3ccc4c(c3)OC(F)(F)O4)C[C@@H]1C)cc(=O)n2C. The Morgan fingerprint density at radius 3 is 2.65 bits per heavy atom. The number of nitrogens with zero attached hydrogens (tertiary/aromatic N) is 5. The first kappa shape index (κ1) is 22.1. The van der Waals surface area contributed by atoms with Gasteiger partial charge in [-0.1, -0.05) is 12.6 Å². The molecule has 5 rings (SSSR count). The fourth-order valence-electron chi connectivity index (χ4n) is 4.66. The first-order valence-electron chi connectivity index (χ1n) is 10.9. The lowest BCUT2D eigenvalue weighted by atomic mass is 10.0. The Kier molecular flexibility index (Phi) is 5.17. The van der Waals surface area contributed by atoms with Crippen molar-refractivity contribution in [3.05, 3.63) is 63.7 Å². The van der Waals surface area contributed by atoms with Crippen LogP contribution in [0.5, 0.6) is 11.5 Å². The molecule has 0 bridgehead atoms. The Hall–Kier alpha value is -3.71. The molecule has 4 heterocycles. The monoisotopic (exact) mass is 467 g/mol. The van der Waals surface area contributed by atoms with Crippen LogP contribution < -0.4 is 19.9 Å². The summed E-state index contributed by atoms with van der Waals surface area (Å²) >= 11 is 0. The van der Waals surface area contributed by atoms with E-state index >= 15 is 0 Å². The zero-order valence-electron chi connectivity index (χ0n) is 19.0. The number of benzene rings is 1. The molecule has 0 N–H and O–H groups in total. The van der Waals surface area contributed by atoms with Gasteiger partial charge in [-0.15, -0.1) is 13.8 Å². The summed E-state index contributed by atoms with van der Waals surface area (Å²) in [5.74, 6) is 0.346. The maximum atomic E-state index is 13.4. The van der Waals surface area contributed by atoms with Crippen molar-refractivity contribution < 1.29 is 18.3 Å². The van der Waals surface area contributed by atoms with Crippen molar-refractivity contribution in [2.24, 2.45) is 7.05 Å². The number of aryl methyl sites for hydroxylation is 1. The molecule has 2 atom stereocenters. The van der Waals surface area contributed by atoms with Gasteiger partial charge in [-0.3, -0.25) is 9.69 Å². The standard InChI is InChI=1S/C24H23F2N5O3/c1-14-12-31(18-10-22(32)29(4)17-6-8-21(27-3)28-23(17)18)15(2)11-30(14)13-16-5-7-19-20(9-16)34-24(25,26)33-19/h5-10,14-15H,11-13H2,1-2,4H3/t14-,15+/m1/s1. The van der Waals surface area contributed by atoms with E-state index in [4.69, 9.17) is 6.57 Å². The first-order valence-corrected chi connectivity index (χ1v) is 10.9. The Labute approximate surface area is 194 Å². The molecule has 0 amide bonds. The normalized spacial score (nSPS) is 21.6. The minimum Gasteiger partial charge on any atom is -0.395 e. The molecule has 2 aliphatic rings. The largest absolute Gasteiger partial charge is 0.586 e. The van der Waals surface area contributed by atoms with E-state index in [1.54, 1.807) is 37.4 Å². The van der Waals surface area contributed by atoms with Crippen LogP contribution >= 0.6 is 0 Å². The van der Waals surface area contributed by atoms with Crippen LogP contribution in [-0.2, 0) is 13.6 Å². The average Bonchev–Trinajstić information content (AvgIpc) is 3.11. The van der Waals surface area contributed by atoms with Crippen molar-refractivity contribution in [1.29, 1.82) is 0 Å². The summed E-state index contributed by atoms with van der Waals surface area (Å²) in [6, 6.07) is 9.96. The third-order valence-corrected chi connectivity index (χ3v) is 6.44. The van der Waals surface area contributed by atoms with E-state index in [-0.39, 0.29) is 35.0 Å². The van der Waals surface area contributed by atoms with Crippen LogP contribution in [0.15, 0.2) is 41.2 Å². The second-order valence-electron chi connectivity index (χ2n) is 8.80. The van der Waals surface area contributed by atoms with Gasteiger partial charge in [0.05, 0.1) is 11.2 Å². The van der Waals surface area contributed by atoms with E-state index in [2.05, 4.69) is 43.0 Å². The molecule has 2 aliphatic heterocycles. The topological polar surface area (TPSA) is 64.2 Å². The second-order valence-corrected chi connectivity index (χ2v) is 8.80. The molecule has 0 saturated carbocycles. The highest BCUT2D eigenvalue weighted by Crippen LogP contribution is 2.41. The quantitative estimate of drug-likeness (QED) is 0.545. The number of hydrogen-bond acceptors (Lipinski definition) is 6. The number of fused-ring (bicyclic) bond motifs is 2. The highest BCUT2D eigenvalue weighted by atomic mass is 19.3. The number of rotatable bonds is 3. The van der Waals surface area contributed by atoms with Gasteiger partial charge in [0.1, 0.15) is 0 Å². The Morgan fingerprint density at radius 1 is 1.12 bits per heavy atom. The van der Waals surface area contributed by atoms with Crippen LogP contribution in [0.3, 0.4) is 0 Å². The minimum atomic E-state index is -3.63. The zero-order valence-corrected chi connectivity index (χ0v) is 19.0. The molecule has 1 saturated heterocycles. The lowest BCUT2D eigenvalue weighted by molar-refractivity contribution is -0.286. The summed E-state index contributed by atoms with van der Waals surface area (Å²) in [6.07, 6.45) is -3.63. The molecule has 1 aromatic carbocycles. The number of pyridine rings is 2. The van der Waals surface area contributed by atoms with Crippen molar-refractivity contribution in [3.63, 3.8) is 0 Å². The molecular formula is C24H23F2N5O3. The molecular weight excluding hydrogens is 444 g/mol. The number of hydrogen-bond donors (Lipinski definition) is 0. The van der Waals surface area contributed by atoms with E-state index in [0.29, 0.717) is 36.4 Å². The van der Waals surface area contributed by atoms with E-state index < -0.39 is 6.29 Å². The van der Waals surface area contributed by atoms with Crippen LogP contribution in [0.4, 0.5) is 20.3 Å². The molecule has 0 spiro atoms. The van der Waals surface area contributed by atoms with Gasteiger partial charge in [0.2, 0.25) is 5.52 Å². The van der Waals surface area contributed by atoms with Gasteiger partial charge < -0.3 is 23.8 Å². The number of ether oxygens (including phenoxy) is 2. The number of piperazine rings is 1. The molecule has 10 heteroatoms. The molecule has 2 aromatic heterocycles. The van der Waals surface area contributed by atoms with Gasteiger partial charge in [-0.05, 0) is 43.7 Å². The predicted octanol–water partition coefficient (Wildman–Crippen LogP) is 3.90. The number of halogens is 2. The highest BCUT2D eigenvalue weighted by Gasteiger charge is 2.43. The lowest BCUT2D eigenvalue weighted by Gasteiger charge is -2.45. The number of anilines is 1. The third-order valence-electron chi connectivity index (χ3n) is 6.44. The van der Waals surface area contributed by atoms with Gasteiger partial charge in [0, 0.05) is 44.8 Å². The Balaban J connectivity index is 1.41. The maximum absolute atomic E-state index is 13.4. The van der Waals surface area contributed by atoms with Gasteiger partial charge in [0.15, 0.2) is 11.5 Å². The summed E-state index contributed by atoms with van der Waals surface area (Å²) in [5.41, 5.74) is 2.72. The number of alkyl halides is 2. The summed E-state index contributed by atoms with van der Waals surface area (Å²) < 4.78 is 37.3. The maximum Gasteiger partial charge on any atom is 0.586 e. The van der Waals surface area contributed by atoms with Gasteiger partial charge >= 0.3 is 6.29 Å². The number of aromatic nitrogens is 2. The molecule has 0 unspecified atom stereocenters. The van der Waals surface area contributed by atoms with Crippen LogP contribution in [0.1, 0.15) is 19.4 Å². The fraction of sp³-hybridized carbons (Fsp3) is 0.375. The van der Waals surface area contributed by atoms with Crippen LogP contribution in [0, 0.1) is 6.57 Å². The van der Waals surface area contributed by atoms with Crippen molar-refractivity contribution in [2.75, 3.05) is 18.0 Å². The molecule has 3 aromatic rings. The van der Waals surface area contributed by atoms with E-state index in [0.717, 1.165) is 5.56 Å². The van der Waals surface area contributed by atoms with Crippen molar-refractivity contribution in [3.8, 4) is 11.5 Å². The van der Waals surface area contributed by atoms with Crippen molar-refractivity contribution in [1.82, 2.24) is 14.5 Å². The molecule has 1 fully saturated rings. The predicted molar refractivity (Wildman–Crippen MR) is 123 cm³/mol. The Bertz CT molecular complexity index is 1380. The lowest BCUT2D eigenvalue weighted by Crippen LogP contribution is -2.56. The fourth-order valence-corrected chi connectivity index (χ4v) is 4.66. The molecule has 0 radical (unpaired) electrons. The summed E-state index contributed by atoms with van der Waals surface area (Å²) in [6.45, 7) is 13.3. The van der Waals surface area contributed by atoms with Gasteiger partial charge in [-0.2, -0.15) is 0 Å². The Morgan fingerprint density at radius 2 is 1.88 bits per heavy atom. The molecule has 176 valence electrons. The smallest absolute Gasteiger partial charge is 0.395 e. The van der Waals surface area contributed by atoms with Gasteiger partial charge in [0.25, 0.3) is 11.4 Å². The van der Waals surface area contributed by atoms with E-state index in [1.165, 1.54) is 10.6 Å². The van der Waals surface area contributed by atoms with Crippen LogP contribution in [-0.4, -0.2) is 45.9 Å². The zero-order chi connectivity index (χ0) is 24.2. The van der Waals surface area contributed by atoms with E-state index in [9.17, 15) is 13.6 Å². The summed E-state index contributed by atoms with van der Waals surface area (Å²) in [7, 11) is 1.69. The highest BCUT2D eigenvalue weighted by molar-refractivity contribution is 5.89. The van der Waals surface area contributed by atoms with Crippen molar-refractivity contribution >= 4 is 22.5 Å². The average molecular weight is 467 g/mol. The van der Waals surface area contributed by atoms with Gasteiger partial charge in [-0.25, -0.2) is 0 Å². The van der Waals surface area contributed by atoms with Crippen molar-refractivity contribution in [2.45, 2.75) is 38.8 Å². The second kappa shape index (κ2) is 7.95. The molecule has 34 heavy (non-hydrogen) atoms. The van der Waals surface area contributed by atoms with Crippen LogP contribution in [0.2, 0.25) is 0 Å². The molecule has 8 nitrogen and oxygen atoms in total. The van der Waals surface area contributed by atoms with E-state index in [1.807, 2.05) is 0 Å². The summed E-state index contributed by atoms with van der Waals surface area (Å²) in [4.78, 5) is 25.0. The first-order chi connectivity index (χ1) is 16.1. The molecule has 0 aliphatic carbocycles. The third kappa shape index (κ3) is 3.82.